The molecule has 2 aromatic heterocycles. The van der Waals surface area contributed by atoms with Gasteiger partial charge in [0.05, 0.1) is 16.6 Å². The lowest BCUT2D eigenvalue weighted by molar-refractivity contribution is 0.0853. The highest BCUT2D eigenvalue weighted by Crippen LogP contribution is 2.44. The Labute approximate surface area is 178 Å². The van der Waals surface area contributed by atoms with Gasteiger partial charge in [-0.3, -0.25) is 4.79 Å². The lowest BCUT2D eigenvalue weighted by atomic mass is 9.95. The summed E-state index contributed by atoms with van der Waals surface area (Å²) in [6.07, 6.45) is 3.14. The van der Waals surface area contributed by atoms with E-state index in [9.17, 15) is 9.90 Å². The number of carbonyl (C=O) groups excluding carboxylic acids is 1. The first-order valence-electron chi connectivity index (χ1n) is 10.7. The first-order valence-corrected chi connectivity index (χ1v) is 10.7. The number of aromatic amines is 2. The maximum Gasteiger partial charge on any atom is 0.254 e. The van der Waals surface area contributed by atoms with Crippen LogP contribution in [0.1, 0.15) is 48.0 Å². The van der Waals surface area contributed by atoms with Crippen molar-refractivity contribution in [3.05, 3.63) is 70.8 Å². The minimum absolute atomic E-state index is 0.229. The van der Waals surface area contributed by atoms with E-state index in [1.54, 1.807) is 0 Å². The van der Waals surface area contributed by atoms with Crippen LogP contribution in [0.5, 0.6) is 0 Å². The summed E-state index contributed by atoms with van der Waals surface area (Å²) in [7, 11) is 0. The van der Waals surface area contributed by atoms with Gasteiger partial charge in [-0.25, -0.2) is 0 Å². The third-order valence-electron chi connectivity index (χ3n) is 6.62. The van der Waals surface area contributed by atoms with Crippen molar-refractivity contribution in [3.8, 4) is 0 Å². The number of carbonyl (C=O) groups is 1. The Kier molecular flexibility index (Phi) is 3.80. The fourth-order valence-electron chi connectivity index (χ4n) is 4.90. The number of amides is 1. The number of benzene rings is 3. The van der Waals surface area contributed by atoms with Gasteiger partial charge < -0.3 is 20.4 Å². The van der Waals surface area contributed by atoms with Crippen LogP contribution in [0.3, 0.4) is 0 Å². The van der Waals surface area contributed by atoms with Gasteiger partial charge in [0.25, 0.3) is 5.91 Å². The highest BCUT2D eigenvalue weighted by atomic mass is 16.3. The Bertz CT molecular complexity index is 1570. The minimum Gasteiger partial charge on any atom is -0.369 e. The quantitative estimate of drug-likeness (QED) is 0.293. The molecule has 5 heteroatoms. The number of para-hydroxylation sites is 1. The van der Waals surface area contributed by atoms with Gasteiger partial charge in [0, 0.05) is 38.1 Å². The average molecular weight is 409 g/mol. The van der Waals surface area contributed by atoms with Crippen LogP contribution in [0.2, 0.25) is 0 Å². The number of hydrogen-bond acceptors (Lipinski definition) is 2. The van der Waals surface area contributed by atoms with E-state index in [2.05, 4.69) is 53.4 Å². The number of aliphatic hydroxyl groups excluding tert-OH is 1. The van der Waals surface area contributed by atoms with E-state index < -0.39 is 6.23 Å². The van der Waals surface area contributed by atoms with E-state index in [4.69, 9.17) is 0 Å². The van der Waals surface area contributed by atoms with Crippen molar-refractivity contribution in [1.29, 1.82) is 0 Å². The van der Waals surface area contributed by atoms with Crippen LogP contribution in [0.4, 0.5) is 0 Å². The third kappa shape index (κ3) is 2.50. The molecule has 0 radical (unpaired) electrons. The summed E-state index contributed by atoms with van der Waals surface area (Å²) in [5, 5.41) is 17.3. The normalized spacial score (nSPS) is 16.7. The van der Waals surface area contributed by atoms with Crippen LogP contribution in [-0.4, -0.2) is 21.0 Å². The Hall–Kier alpha value is -3.57. The topological polar surface area (TPSA) is 80.9 Å². The number of aliphatic hydroxyl groups is 1. The molecule has 6 rings (SSSR count). The second kappa shape index (κ2) is 6.46. The smallest absolute Gasteiger partial charge is 0.254 e. The summed E-state index contributed by atoms with van der Waals surface area (Å²) in [5.74, 6) is -0.229. The van der Waals surface area contributed by atoms with Crippen molar-refractivity contribution >= 4 is 49.5 Å². The van der Waals surface area contributed by atoms with Gasteiger partial charge in [0.15, 0.2) is 6.23 Å². The highest BCUT2D eigenvalue weighted by Gasteiger charge is 2.34. The average Bonchev–Trinajstić information content (AvgIpc) is 3.42. The molecule has 0 saturated carbocycles. The number of allylic oxidation sites excluding steroid dienone is 2. The van der Waals surface area contributed by atoms with Crippen molar-refractivity contribution in [2.45, 2.75) is 32.9 Å². The van der Waals surface area contributed by atoms with E-state index in [0.29, 0.717) is 11.1 Å². The molecule has 1 unspecified atom stereocenters. The molecule has 1 aliphatic heterocycles. The lowest BCUT2D eigenvalue weighted by Gasteiger charge is -2.07. The van der Waals surface area contributed by atoms with Gasteiger partial charge in [0.2, 0.25) is 0 Å². The molecule has 3 heterocycles. The third-order valence-corrected chi connectivity index (χ3v) is 6.62. The summed E-state index contributed by atoms with van der Waals surface area (Å²) < 4.78 is 0. The van der Waals surface area contributed by atoms with Gasteiger partial charge in [0.1, 0.15) is 0 Å². The molecule has 1 amide bonds. The molecule has 5 aromatic rings. The molecule has 3 aromatic carbocycles. The number of nitrogens with one attached hydrogen (secondary N) is 3. The molecule has 4 N–H and O–H groups in total. The molecule has 154 valence electrons. The van der Waals surface area contributed by atoms with Crippen molar-refractivity contribution in [3.63, 3.8) is 0 Å². The number of rotatable bonds is 3. The lowest BCUT2D eigenvalue weighted by Crippen LogP contribution is -2.18. The molecule has 0 bridgehead atoms. The van der Waals surface area contributed by atoms with E-state index in [0.717, 1.165) is 56.5 Å². The monoisotopic (exact) mass is 409 g/mol. The Morgan fingerprint density at radius 3 is 2.58 bits per heavy atom. The predicted octanol–water partition coefficient (Wildman–Crippen LogP) is 5.59. The molecule has 0 saturated heterocycles. The molecule has 31 heavy (non-hydrogen) atoms. The fraction of sp³-hybridized carbons (Fsp3) is 0.192. The Balaban J connectivity index is 1.75. The van der Waals surface area contributed by atoms with Gasteiger partial charge in [-0.2, -0.15) is 0 Å². The van der Waals surface area contributed by atoms with Gasteiger partial charge in [-0.15, -0.1) is 0 Å². The van der Waals surface area contributed by atoms with Crippen molar-refractivity contribution < 1.29 is 9.90 Å². The second-order valence-electron chi connectivity index (χ2n) is 8.45. The van der Waals surface area contributed by atoms with Crippen molar-refractivity contribution in [1.82, 2.24) is 15.3 Å². The molecule has 5 nitrogen and oxygen atoms in total. The largest absolute Gasteiger partial charge is 0.369 e. The standard InChI is InChI=1S/C26H23N3O2/c1-3-13(2)8-9-14-10-11-18-16(12-14)20-22-21(25(30)29-26(22)31)19-15-6-4-5-7-17(15)27-23(19)24(20)28-18/h4-8,10-12,25,27-28,30H,3,9H2,1-2H3,(H,29,31)/b13-8+. The van der Waals surface area contributed by atoms with Crippen molar-refractivity contribution in [2.24, 2.45) is 0 Å². The summed E-state index contributed by atoms with van der Waals surface area (Å²) in [4.78, 5) is 20.0. The van der Waals surface area contributed by atoms with Crippen LogP contribution in [-0.2, 0) is 6.42 Å². The SMILES string of the molecule is CC/C(C)=C/Cc1ccc2[nH]c3c4[nH]c5ccccc5c4c4c(c3c2c1)C(=O)NC4O. The second-order valence-corrected chi connectivity index (χ2v) is 8.45. The zero-order valence-electron chi connectivity index (χ0n) is 17.5. The van der Waals surface area contributed by atoms with Crippen LogP contribution < -0.4 is 5.32 Å². The molecule has 1 atom stereocenters. The number of hydrogen-bond donors (Lipinski definition) is 4. The minimum atomic E-state index is -1.02. The van der Waals surface area contributed by atoms with Gasteiger partial charge in [-0.05, 0) is 43.5 Å². The molecule has 0 fully saturated rings. The summed E-state index contributed by atoms with van der Waals surface area (Å²) in [6.45, 7) is 4.31. The van der Waals surface area contributed by atoms with E-state index >= 15 is 0 Å². The zero-order chi connectivity index (χ0) is 21.3. The number of fused-ring (bicyclic) bond motifs is 10. The maximum absolute atomic E-state index is 13.0. The van der Waals surface area contributed by atoms with Crippen LogP contribution in [0.15, 0.2) is 54.1 Å². The maximum atomic E-state index is 13.0. The summed E-state index contributed by atoms with van der Waals surface area (Å²) in [6, 6.07) is 14.4. The fourth-order valence-corrected chi connectivity index (χ4v) is 4.90. The van der Waals surface area contributed by atoms with Crippen LogP contribution in [0, 0.1) is 0 Å². The first-order chi connectivity index (χ1) is 15.1. The molecular formula is C26H23N3O2. The number of H-pyrrole nitrogens is 2. The van der Waals surface area contributed by atoms with Crippen LogP contribution in [0.25, 0.3) is 43.6 Å². The van der Waals surface area contributed by atoms with E-state index in [1.165, 1.54) is 11.1 Å². The Morgan fingerprint density at radius 2 is 1.77 bits per heavy atom. The zero-order valence-corrected chi connectivity index (χ0v) is 17.5. The first kappa shape index (κ1) is 18.2. The number of aromatic nitrogens is 2. The van der Waals surface area contributed by atoms with E-state index in [1.807, 2.05) is 24.3 Å². The molecule has 0 aliphatic carbocycles. The van der Waals surface area contributed by atoms with E-state index in [-0.39, 0.29) is 5.91 Å². The predicted molar refractivity (Wildman–Crippen MR) is 125 cm³/mol. The summed E-state index contributed by atoms with van der Waals surface area (Å²) >= 11 is 0. The highest BCUT2D eigenvalue weighted by molar-refractivity contribution is 6.30. The Morgan fingerprint density at radius 1 is 1.03 bits per heavy atom. The van der Waals surface area contributed by atoms with Crippen molar-refractivity contribution in [2.75, 3.05) is 0 Å². The molecule has 1 aliphatic rings. The molecular weight excluding hydrogens is 386 g/mol. The molecule has 0 spiro atoms. The summed E-state index contributed by atoms with van der Waals surface area (Å²) in [5.41, 5.74) is 7.59. The van der Waals surface area contributed by atoms with Crippen LogP contribution >= 0.6 is 0 Å². The van der Waals surface area contributed by atoms with Gasteiger partial charge in [-0.1, -0.05) is 42.8 Å². The van der Waals surface area contributed by atoms with Gasteiger partial charge >= 0.3 is 0 Å².